The van der Waals surface area contributed by atoms with E-state index in [-0.39, 0.29) is 17.9 Å². The predicted molar refractivity (Wildman–Crippen MR) is 87.0 cm³/mol. The van der Waals surface area contributed by atoms with Gasteiger partial charge in [-0.2, -0.15) is 0 Å². The molecule has 21 heavy (non-hydrogen) atoms. The van der Waals surface area contributed by atoms with Crippen molar-refractivity contribution in [1.82, 2.24) is 5.32 Å². The molecule has 1 aliphatic carbocycles. The van der Waals surface area contributed by atoms with Crippen molar-refractivity contribution in [3.63, 3.8) is 0 Å². The van der Waals surface area contributed by atoms with E-state index in [0.29, 0.717) is 35.6 Å². The minimum Gasteiger partial charge on any atom is -0.496 e. The van der Waals surface area contributed by atoms with Crippen molar-refractivity contribution in [3.8, 4) is 5.75 Å². The molecular formula is C14H15ClINO4. The highest BCUT2D eigenvalue weighted by molar-refractivity contribution is 14.1. The van der Waals surface area contributed by atoms with Gasteiger partial charge in [-0.25, -0.2) is 0 Å². The van der Waals surface area contributed by atoms with Gasteiger partial charge >= 0.3 is 5.97 Å². The van der Waals surface area contributed by atoms with Crippen LogP contribution in [0.15, 0.2) is 12.1 Å². The van der Waals surface area contributed by atoms with Gasteiger partial charge in [0.15, 0.2) is 0 Å². The Kier molecular flexibility index (Phi) is 5.32. The van der Waals surface area contributed by atoms with Crippen molar-refractivity contribution < 1.29 is 19.4 Å². The topological polar surface area (TPSA) is 75.6 Å². The first-order valence-corrected chi connectivity index (χ1v) is 7.94. The molecule has 2 atom stereocenters. The number of carbonyl (C=O) groups excluding carboxylic acids is 1. The van der Waals surface area contributed by atoms with Gasteiger partial charge in [-0.05, 0) is 54.0 Å². The second-order valence-corrected chi connectivity index (χ2v) is 6.55. The fourth-order valence-corrected chi connectivity index (χ4v) is 3.08. The van der Waals surface area contributed by atoms with Crippen LogP contribution in [0.1, 0.15) is 29.6 Å². The molecule has 1 aromatic carbocycles. The second-order valence-electron chi connectivity index (χ2n) is 4.99. The number of methoxy groups -OCH3 is 1. The summed E-state index contributed by atoms with van der Waals surface area (Å²) in [6.45, 7) is 0. The van der Waals surface area contributed by atoms with Crippen LogP contribution in [0.4, 0.5) is 0 Å². The first-order valence-electron chi connectivity index (χ1n) is 6.49. The van der Waals surface area contributed by atoms with Gasteiger partial charge in [0.05, 0.1) is 23.6 Å². The van der Waals surface area contributed by atoms with Gasteiger partial charge in [0, 0.05) is 9.61 Å². The number of rotatable bonds is 4. The van der Waals surface area contributed by atoms with Gasteiger partial charge in [0.1, 0.15) is 5.75 Å². The number of carboxylic acids is 1. The Morgan fingerprint density at radius 3 is 2.71 bits per heavy atom. The summed E-state index contributed by atoms with van der Waals surface area (Å²) in [5.74, 6) is -1.02. The van der Waals surface area contributed by atoms with Crippen molar-refractivity contribution in [3.05, 3.63) is 26.3 Å². The first kappa shape index (κ1) is 16.4. The molecule has 0 radical (unpaired) electrons. The number of amides is 1. The Morgan fingerprint density at radius 2 is 2.14 bits per heavy atom. The van der Waals surface area contributed by atoms with Crippen molar-refractivity contribution >= 4 is 46.1 Å². The van der Waals surface area contributed by atoms with Gasteiger partial charge in [0.25, 0.3) is 5.91 Å². The number of ether oxygens (including phenoxy) is 1. The number of nitrogens with one attached hydrogen (secondary N) is 1. The van der Waals surface area contributed by atoms with Crippen LogP contribution < -0.4 is 10.1 Å². The fourth-order valence-electron chi connectivity index (χ4n) is 2.47. The van der Waals surface area contributed by atoms with Gasteiger partial charge in [-0.3, -0.25) is 9.59 Å². The first-order chi connectivity index (χ1) is 9.92. The van der Waals surface area contributed by atoms with Gasteiger partial charge in [-0.1, -0.05) is 11.6 Å². The Hall–Kier alpha value is -1.02. The number of hydrogen-bond donors (Lipinski definition) is 2. The molecule has 2 N–H and O–H groups in total. The molecule has 5 nitrogen and oxygen atoms in total. The lowest BCUT2D eigenvalue weighted by molar-refractivity contribution is -0.141. The standard InChI is InChI=1S/C14H15ClINO4/c1-21-12-6-11(16)10(15)5-9(12)13(18)17-8-3-2-7(4-8)14(19)20/h5-8H,2-4H2,1H3,(H,17,18)(H,19,20). The molecular weight excluding hydrogens is 409 g/mol. The van der Waals surface area contributed by atoms with E-state index in [1.807, 2.05) is 0 Å². The van der Waals surface area contributed by atoms with Crippen molar-refractivity contribution in [2.24, 2.45) is 5.92 Å². The number of halogens is 2. The minimum atomic E-state index is -0.804. The smallest absolute Gasteiger partial charge is 0.306 e. The summed E-state index contributed by atoms with van der Waals surface area (Å²) in [5, 5.41) is 12.3. The van der Waals surface area contributed by atoms with E-state index in [1.165, 1.54) is 7.11 Å². The van der Waals surface area contributed by atoms with Crippen LogP contribution in [0.5, 0.6) is 5.75 Å². The van der Waals surface area contributed by atoms with Gasteiger partial charge < -0.3 is 15.2 Å². The van der Waals surface area contributed by atoms with Crippen molar-refractivity contribution in [2.45, 2.75) is 25.3 Å². The van der Waals surface area contributed by atoms with Crippen LogP contribution >= 0.6 is 34.2 Å². The molecule has 1 aliphatic rings. The van der Waals surface area contributed by atoms with Crippen LogP contribution in [-0.4, -0.2) is 30.1 Å². The van der Waals surface area contributed by atoms with E-state index in [9.17, 15) is 9.59 Å². The summed E-state index contributed by atoms with van der Waals surface area (Å²) < 4.78 is 6.01. The number of hydrogen-bond acceptors (Lipinski definition) is 3. The molecule has 1 amide bonds. The van der Waals surface area contributed by atoms with Crippen LogP contribution in [0, 0.1) is 9.49 Å². The molecule has 2 rings (SSSR count). The largest absolute Gasteiger partial charge is 0.496 e. The normalized spacial score (nSPS) is 21.1. The molecule has 0 saturated heterocycles. The molecule has 1 fully saturated rings. The maximum absolute atomic E-state index is 12.3. The van der Waals surface area contributed by atoms with E-state index < -0.39 is 5.97 Å². The summed E-state index contributed by atoms with van der Waals surface area (Å²) in [7, 11) is 1.49. The average molecular weight is 424 g/mol. The highest BCUT2D eigenvalue weighted by atomic mass is 127. The zero-order valence-corrected chi connectivity index (χ0v) is 14.3. The highest BCUT2D eigenvalue weighted by Gasteiger charge is 2.31. The lowest BCUT2D eigenvalue weighted by atomic mass is 10.1. The Morgan fingerprint density at radius 1 is 1.43 bits per heavy atom. The summed E-state index contributed by atoms with van der Waals surface area (Å²) in [4.78, 5) is 23.3. The number of carbonyl (C=O) groups is 2. The third kappa shape index (κ3) is 3.79. The van der Waals surface area contributed by atoms with Gasteiger partial charge in [0.2, 0.25) is 0 Å². The number of aliphatic carboxylic acids is 1. The van der Waals surface area contributed by atoms with E-state index in [2.05, 4.69) is 27.9 Å². The summed E-state index contributed by atoms with van der Waals surface area (Å²) in [6, 6.07) is 3.15. The quantitative estimate of drug-likeness (QED) is 0.730. The lowest BCUT2D eigenvalue weighted by Crippen LogP contribution is -2.33. The number of carboxylic acid groups (broad SMARTS) is 1. The molecule has 0 bridgehead atoms. The van der Waals surface area contributed by atoms with Crippen LogP contribution in [0.25, 0.3) is 0 Å². The molecule has 0 aliphatic heterocycles. The van der Waals surface area contributed by atoms with Gasteiger partial charge in [-0.15, -0.1) is 0 Å². The summed E-state index contributed by atoms with van der Waals surface area (Å²) in [5.41, 5.74) is 0.363. The highest BCUT2D eigenvalue weighted by Crippen LogP contribution is 2.30. The maximum atomic E-state index is 12.3. The van der Waals surface area contributed by atoms with Crippen LogP contribution in [-0.2, 0) is 4.79 Å². The molecule has 2 unspecified atom stereocenters. The van der Waals surface area contributed by atoms with E-state index >= 15 is 0 Å². The van der Waals surface area contributed by atoms with E-state index in [0.717, 1.165) is 3.57 Å². The summed E-state index contributed by atoms with van der Waals surface area (Å²) in [6.07, 6.45) is 1.72. The SMILES string of the molecule is COc1cc(I)c(Cl)cc1C(=O)NC1CCC(C(=O)O)C1. The van der Waals surface area contributed by atoms with E-state index in [1.54, 1.807) is 12.1 Å². The second kappa shape index (κ2) is 6.83. The zero-order chi connectivity index (χ0) is 15.6. The zero-order valence-electron chi connectivity index (χ0n) is 11.4. The minimum absolute atomic E-state index is 0.124. The number of benzene rings is 1. The molecule has 7 heteroatoms. The predicted octanol–water partition coefficient (Wildman–Crippen LogP) is 2.94. The third-order valence-corrected chi connectivity index (χ3v) is 5.13. The Bertz CT molecular complexity index is 578. The van der Waals surface area contributed by atoms with E-state index in [4.69, 9.17) is 21.4 Å². The van der Waals surface area contributed by atoms with Crippen LogP contribution in [0.3, 0.4) is 0 Å². The lowest BCUT2D eigenvalue weighted by Gasteiger charge is -2.15. The maximum Gasteiger partial charge on any atom is 0.306 e. The van der Waals surface area contributed by atoms with Crippen molar-refractivity contribution in [1.29, 1.82) is 0 Å². The Labute approximate surface area is 141 Å². The molecule has 0 heterocycles. The third-order valence-electron chi connectivity index (χ3n) is 3.60. The monoisotopic (exact) mass is 423 g/mol. The average Bonchev–Trinajstić information content (AvgIpc) is 2.89. The molecule has 1 saturated carbocycles. The summed E-state index contributed by atoms with van der Waals surface area (Å²) >= 11 is 8.11. The molecule has 0 spiro atoms. The fraction of sp³-hybridized carbons (Fsp3) is 0.429. The Balaban J connectivity index is 2.11. The van der Waals surface area contributed by atoms with Crippen LogP contribution in [0.2, 0.25) is 5.02 Å². The molecule has 0 aromatic heterocycles. The molecule has 1 aromatic rings. The van der Waals surface area contributed by atoms with Crippen molar-refractivity contribution in [2.75, 3.05) is 7.11 Å². The molecule has 114 valence electrons.